The van der Waals surface area contributed by atoms with Crippen molar-refractivity contribution in [3.8, 4) is 11.4 Å². The van der Waals surface area contributed by atoms with Gasteiger partial charge in [-0.2, -0.15) is 0 Å². The highest BCUT2D eigenvalue weighted by atomic mass is 19.1. The summed E-state index contributed by atoms with van der Waals surface area (Å²) in [6.07, 6.45) is 2.70. The minimum Gasteiger partial charge on any atom is -0.466 e. The Morgan fingerprint density at radius 2 is 2.04 bits per heavy atom. The molecule has 1 saturated heterocycles. The highest BCUT2D eigenvalue weighted by Gasteiger charge is 2.39. The molecule has 1 aromatic heterocycles. The number of rotatable bonds is 4. The van der Waals surface area contributed by atoms with Crippen molar-refractivity contribution in [2.24, 2.45) is 5.92 Å². The summed E-state index contributed by atoms with van der Waals surface area (Å²) in [5.41, 5.74) is 0.746. The molecule has 6 nitrogen and oxygen atoms in total. The third-order valence-corrected chi connectivity index (χ3v) is 4.44. The van der Waals surface area contributed by atoms with E-state index in [1.807, 2.05) is 0 Å². The number of aromatic nitrogens is 2. The first-order valence-electron chi connectivity index (χ1n) is 8.10. The second-order valence-corrected chi connectivity index (χ2v) is 6.02. The van der Waals surface area contributed by atoms with E-state index in [2.05, 4.69) is 9.97 Å². The molecular weight excluding hydrogens is 313 g/mol. The number of benzene rings is 1. The van der Waals surface area contributed by atoms with Gasteiger partial charge in [-0.25, -0.2) is 14.6 Å². The number of nitrogens with zero attached hydrogens (tertiary/aromatic N) is 2. The fourth-order valence-corrected chi connectivity index (χ4v) is 3.01. The highest BCUT2D eigenvalue weighted by molar-refractivity contribution is 5.72. The molecule has 0 unspecified atom stereocenters. The van der Waals surface area contributed by atoms with Crippen molar-refractivity contribution in [2.75, 3.05) is 19.7 Å². The van der Waals surface area contributed by atoms with Gasteiger partial charge in [0.1, 0.15) is 30.9 Å². The van der Waals surface area contributed by atoms with Crippen LogP contribution in [-0.2, 0) is 9.53 Å². The SMILES string of the molecule is CCOC(=O)C1CC[N+](O)(c2cnc(-c3ccc(F)cc3)[nH]2)CC1. The average Bonchev–Trinajstić information content (AvgIpc) is 3.07. The number of aromatic amines is 1. The van der Waals surface area contributed by atoms with Crippen LogP contribution in [0.25, 0.3) is 11.4 Å². The van der Waals surface area contributed by atoms with Crippen LogP contribution in [0.2, 0.25) is 0 Å². The van der Waals surface area contributed by atoms with Crippen molar-refractivity contribution in [3.63, 3.8) is 0 Å². The van der Waals surface area contributed by atoms with Gasteiger partial charge in [-0.3, -0.25) is 9.78 Å². The summed E-state index contributed by atoms with van der Waals surface area (Å²) in [6.45, 7) is 2.98. The summed E-state index contributed by atoms with van der Waals surface area (Å²) >= 11 is 0. The molecule has 1 aliphatic heterocycles. The predicted molar refractivity (Wildman–Crippen MR) is 86.7 cm³/mol. The lowest BCUT2D eigenvalue weighted by molar-refractivity contribution is -0.155. The van der Waals surface area contributed by atoms with E-state index in [9.17, 15) is 14.4 Å². The van der Waals surface area contributed by atoms with Crippen LogP contribution in [0, 0.1) is 11.7 Å². The van der Waals surface area contributed by atoms with Crippen molar-refractivity contribution in [1.82, 2.24) is 14.6 Å². The first-order chi connectivity index (χ1) is 11.5. The van der Waals surface area contributed by atoms with Crippen molar-refractivity contribution < 1.29 is 19.1 Å². The molecule has 0 saturated carbocycles. The van der Waals surface area contributed by atoms with Gasteiger partial charge in [0, 0.05) is 18.4 Å². The van der Waals surface area contributed by atoms with Gasteiger partial charge in [0.25, 0.3) is 5.82 Å². The number of H-pyrrole nitrogens is 1. The smallest absolute Gasteiger partial charge is 0.309 e. The number of piperidine rings is 1. The molecule has 0 aliphatic carbocycles. The molecule has 0 atom stereocenters. The molecule has 1 aliphatic rings. The third-order valence-electron chi connectivity index (χ3n) is 4.44. The number of esters is 1. The van der Waals surface area contributed by atoms with Crippen LogP contribution >= 0.6 is 0 Å². The maximum Gasteiger partial charge on any atom is 0.309 e. The topological polar surface area (TPSA) is 75.2 Å². The van der Waals surface area contributed by atoms with Gasteiger partial charge in [-0.05, 0) is 31.2 Å². The molecule has 0 bridgehead atoms. The summed E-state index contributed by atoms with van der Waals surface area (Å²) in [5, 5.41) is 10.8. The molecule has 1 fully saturated rings. The van der Waals surface area contributed by atoms with Gasteiger partial charge >= 0.3 is 5.97 Å². The Hall–Kier alpha value is -2.25. The Bertz CT molecular complexity index is 706. The monoisotopic (exact) mass is 334 g/mol. The fraction of sp³-hybridized carbons (Fsp3) is 0.412. The van der Waals surface area contributed by atoms with Crippen molar-refractivity contribution in [2.45, 2.75) is 19.8 Å². The molecule has 128 valence electrons. The molecule has 1 aromatic carbocycles. The minimum atomic E-state index is -0.308. The number of nitrogens with one attached hydrogen (secondary N) is 1. The Labute approximate surface area is 139 Å². The molecule has 2 aromatic rings. The van der Waals surface area contributed by atoms with E-state index in [-0.39, 0.29) is 22.4 Å². The number of halogens is 1. The van der Waals surface area contributed by atoms with E-state index in [1.54, 1.807) is 25.3 Å². The lowest BCUT2D eigenvalue weighted by Crippen LogP contribution is -2.52. The number of quaternary nitrogens is 1. The van der Waals surface area contributed by atoms with Crippen molar-refractivity contribution in [1.29, 1.82) is 0 Å². The molecule has 24 heavy (non-hydrogen) atoms. The Morgan fingerprint density at radius 3 is 2.67 bits per heavy atom. The Kier molecular flexibility index (Phi) is 4.64. The van der Waals surface area contributed by atoms with E-state index in [1.165, 1.54) is 12.1 Å². The highest BCUT2D eigenvalue weighted by Crippen LogP contribution is 2.30. The van der Waals surface area contributed by atoms with E-state index in [0.717, 1.165) is 5.56 Å². The van der Waals surface area contributed by atoms with Gasteiger partial charge in [0.05, 0.1) is 12.5 Å². The Morgan fingerprint density at radius 1 is 1.38 bits per heavy atom. The van der Waals surface area contributed by atoms with Crippen LogP contribution in [0.3, 0.4) is 0 Å². The molecule has 7 heteroatoms. The van der Waals surface area contributed by atoms with Crippen molar-refractivity contribution in [3.05, 3.63) is 36.3 Å². The summed E-state index contributed by atoms with van der Waals surface area (Å²) in [5.74, 6) is 0.473. The summed E-state index contributed by atoms with van der Waals surface area (Å²) in [7, 11) is 0. The van der Waals surface area contributed by atoms with Crippen LogP contribution in [0.1, 0.15) is 19.8 Å². The second-order valence-electron chi connectivity index (χ2n) is 6.02. The lowest BCUT2D eigenvalue weighted by atomic mass is 9.96. The van der Waals surface area contributed by atoms with Crippen LogP contribution in [0.4, 0.5) is 10.2 Å². The van der Waals surface area contributed by atoms with Crippen molar-refractivity contribution >= 4 is 11.8 Å². The van der Waals surface area contributed by atoms with Crippen LogP contribution in [0.5, 0.6) is 0 Å². The standard InChI is InChI=1S/C17H21FN3O3/c1-2-24-17(22)13-7-9-21(23,10-8-13)15-11-19-16(20-15)12-3-5-14(18)6-4-12/h3-6,11,13,23H,2,7-10H2,1H3,(H,19,20)/q+1. The number of carbonyl (C=O) groups is 1. The van der Waals surface area contributed by atoms with E-state index >= 15 is 0 Å². The number of hydrogen-bond donors (Lipinski definition) is 2. The number of imidazole rings is 1. The van der Waals surface area contributed by atoms with Crippen LogP contribution < -0.4 is 4.65 Å². The molecular formula is C17H21FN3O3+. The fourth-order valence-electron chi connectivity index (χ4n) is 3.01. The lowest BCUT2D eigenvalue weighted by Gasteiger charge is -2.34. The maximum absolute atomic E-state index is 13.0. The molecule has 0 radical (unpaired) electrons. The zero-order valence-electron chi connectivity index (χ0n) is 13.5. The summed E-state index contributed by atoms with van der Waals surface area (Å²) in [6, 6.07) is 6.00. The summed E-state index contributed by atoms with van der Waals surface area (Å²) in [4.78, 5) is 19.2. The largest absolute Gasteiger partial charge is 0.466 e. The van der Waals surface area contributed by atoms with Gasteiger partial charge in [-0.15, -0.1) is 4.65 Å². The zero-order chi connectivity index (χ0) is 17.2. The average molecular weight is 334 g/mol. The first-order valence-corrected chi connectivity index (χ1v) is 8.10. The van der Waals surface area contributed by atoms with E-state index in [4.69, 9.17) is 4.74 Å². The zero-order valence-corrected chi connectivity index (χ0v) is 13.5. The second kappa shape index (κ2) is 6.70. The molecule has 0 spiro atoms. The van der Waals surface area contributed by atoms with Gasteiger partial charge in [0.15, 0.2) is 0 Å². The Balaban J connectivity index is 1.71. The molecule has 2 heterocycles. The van der Waals surface area contributed by atoms with E-state index in [0.29, 0.717) is 44.2 Å². The number of hydroxylamine groups is 2. The first kappa shape index (κ1) is 16.6. The normalized spacial score (nSPS) is 23.9. The number of hydrogen-bond acceptors (Lipinski definition) is 4. The van der Waals surface area contributed by atoms with Gasteiger partial charge in [-0.1, -0.05) is 0 Å². The minimum absolute atomic E-state index is 0.164. The van der Waals surface area contributed by atoms with Gasteiger partial charge < -0.3 is 4.74 Å². The maximum atomic E-state index is 13.0. The predicted octanol–water partition coefficient (Wildman–Crippen LogP) is 2.89. The third kappa shape index (κ3) is 3.32. The molecule has 2 N–H and O–H groups in total. The quantitative estimate of drug-likeness (QED) is 0.666. The molecule has 3 rings (SSSR count). The number of ether oxygens (including phenoxy) is 1. The molecule has 0 amide bonds. The summed E-state index contributed by atoms with van der Waals surface area (Å²) < 4.78 is 17.8. The van der Waals surface area contributed by atoms with E-state index < -0.39 is 0 Å². The van der Waals surface area contributed by atoms with Crippen LogP contribution in [-0.4, -0.2) is 40.8 Å². The van der Waals surface area contributed by atoms with Gasteiger partial charge in [0.2, 0.25) is 0 Å². The van der Waals surface area contributed by atoms with Crippen LogP contribution in [0.15, 0.2) is 30.5 Å². The number of carbonyl (C=O) groups excluding carboxylic acids is 1.